The summed E-state index contributed by atoms with van der Waals surface area (Å²) in [5, 5.41) is 8.37. The first kappa shape index (κ1) is 15.2. The number of rotatable bonds is 3. The summed E-state index contributed by atoms with van der Waals surface area (Å²) in [5.74, 6) is -1.03. The van der Waals surface area contributed by atoms with Gasteiger partial charge in [-0.1, -0.05) is 0 Å². The van der Waals surface area contributed by atoms with Gasteiger partial charge in [-0.15, -0.1) is 11.6 Å². The van der Waals surface area contributed by atoms with Crippen molar-refractivity contribution in [2.45, 2.75) is 32.4 Å². The first-order chi connectivity index (χ1) is 5.83. The maximum absolute atomic E-state index is 10.2. The average Bonchev–Trinajstić information content (AvgIpc) is 2.02. The first-order valence-electron chi connectivity index (χ1n) is 3.83. The van der Waals surface area contributed by atoms with Gasteiger partial charge in [-0.2, -0.15) is 0 Å². The van der Waals surface area contributed by atoms with Crippen LogP contribution in [0.2, 0.25) is 0 Å². The third kappa shape index (κ3) is 11.7. The van der Waals surface area contributed by atoms with Crippen molar-refractivity contribution in [1.82, 2.24) is 0 Å². The lowest BCUT2D eigenvalue weighted by molar-refractivity contribution is -0.141. The van der Waals surface area contributed by atoms with Crippen LogP contribution in [0.1, 0.15) is 20.8 Å². The number of hydrogen-bond donors (Lipinski definition) is 2. The van der Waals surface area contributed by atoms with E-state index in [1.807, 2.05) is 20.8 Å². The third-order valence-corrected chi connectivity index (χ3v) is 1.01. The van der Waals surface area contributed by atoms with Gasteiger partial charge in [0.25, 0.3) is 0 Å². The van der Waals surface area contributed by atoms with Gasteiger partial charge >= 0.3 is 5.97 Å². The SMILES string of the molecule is CC(C)(C)OC[C@@H](N)C(=O)O.CCl. The van der Waals surface area contributed by atoms with Gasteiger partial charge in [0, 0.05) is 6.38 Å². The van der Waals surface area contributed by atoms with E-state index >= 15 is 0 Å². The van der Waals surface area contributed by atoms with Crippen LogP contribution in [-0.2, 0) is 9.53 Å². The van der Waals surface area contributed by atoms with Gasteiger partial charge in [0.15, 0.2) is 0 Å². The lowest BCUT2D eigenvalue weighted by Crippen LogP contribution is -2.37. The molecule has 0 bridgehead atoms. The molecule has 5 heteroatoms. The lowest BCUT2D eigenvalue weighted by atomic mass is 10.2. The van der Waals surface area contributed by atoms with Gasteiger partial charge < -0.3 is 15.6 Å². The van der Waals surface area contributed by atoms with Crippen molar-refractivity contribution in [3.63, 3.8) is 0 Å². The van der Waals surface area contributed by atoms with Crippen LogP contribution in [-0.4, -0.2) is 35.7 Å². The number of aliphatic carboxylic acids is 1. The van der Waals surface area contributed by atoms with Gasteiger partial charge in [0.1, 0.15) is 6.04 Å². The molecule has 0 unspecified atom stereocenters. The van der Waals surface area contributed by atoms with Crippen LogP contribution in [0.5, 0.6) is 0 Å². The molecule has 0 spiro atoms. The van der Waals surface area contributed by atoms with Crippen molar-refractivity contribution in [1.29, 1.82) is 0 Å². The smallest absolute Gasteiger partial charge is 0.322 e. The summed E-state index contributed by atoms with van der Waals surface area (Å²) in [6.07, 6.45) is 1.47. The Hall–Kier alpha value is -0.320. The molecule has 0 saturated heterocycles. The molecule has 0 aliphatic rings. The van der Waals surface area contributed by atoms with E-state index in [0.717, 1.165) is 0 Å². The van der Waals surface area contributed by atoms with Crippen LogP contribution in [0.3, 0.4) is 0 Å². The summed E-state index contributed by atoms with van der Waals surface area (Å²) < 4.78 is 5.15. The highest BCUT2D eigenvalue weighted by Crippen LogP contribution is 2.06. The standard InChI is InChI=1S/C7H15NO3.CH3Cl/c1-7(2,3)11-4-5(8)6(9)10;1-2/h5H,4,8H2,1-3H3,(H,9,10);1H3/t5-;/m1./s1. The topological polar surface area (TPSA) is 72.5 Å². The first-order valence-corrected chi connectivity index (χ1v) is 4.58. The summed E-state index contributed by atoms with van der Waals surface area (Å²) in [5.41, 5.74) is 4.87. The van der Waals surface area contributed by atoms with E-state index in [0.29, 0.717) is 0 Å². The Kier molecular flexibility index (Phi) is 8.30. The molecule has 0 radical (unpaired) electrons. The second-order valence-corrected chi connectivity index (χ2v) is 3.37. The molecular formula is C8H18ClNO3. The van der Waals surface area contributed by atoms with Crippen molar-refractivity contribution < 1.29 is 14.6 Å². The van der Waals surface area contributed by atoms with Crippen molar-refractivity contribution >= 4 is 17.6 Å². The van der Waals surface area contributed by atoms with Crippen molar-refractivity contribution in [3.05, 3.63) is 0 Å². The second kappa shape index (κ2) is 7.12. The molecule has 0 heterocycles. The number of carboxylic acids is 1. The zero-order valence-electron chi connectivity index (χ0n) is 8.50. The Bertz CT molecular complexity index is 145. The zero-order valence-corrected chi connectivity index (χ0v) is 9.26. The number of carbonyl (C=O) groups is 1. The van der Waals surface area contributed by atoms with E-state index in [9.17, 15) is 4.79 Å². The molecule has 0 amide bonds. The Morgan fingerprint density at radius 2 is 1.92 bits per heavy atom. The fourth-order valence-corrected chi connectivity index (χ4v) is 0.411. The molecule has 0 aliphatic heterocycles. The highest BCUT2D eigenvalue weighted by atomic mass is 35.5. The van der Waals surface area contributed by atoms with E-state index in [1.165, 1.54) is 6.38 Å². The fraction of sp³-hybridized carbons (Fsp3) is 0.875. The molecule has 0 aromatic carbocycles. The predicted octanol–water partition coefficient (Wildman–Crippen LogP) is 1.07. The quantitative estimate of drug-likeness (QED) is 0.685. The molecule has 4 nitrogen and oxygen atoms in total. The highest BCUT2D eigenvalue weighted by molar-refractivity contribution is 6.15. The van der Waals surface area contributed by atoms with Gasteiger partial charge in [-0.05, 0) is 20.8 Å². The number of halogens is 1. The van der Waals surface area contributed by atoms with Crippen molar-refractivity contribution in [2.75, 3.05) is 13.0 Å². The summed E-state index contributed by atoms with van der Waals surface area (Å²) in [6.45, 7) is 5.60. The summed E-state index contributed by atoms with van der Waals surface area (Å²) >= 11 is 4.64. The van der Waals surface area contributed by atoms with Crippen LogP contribution in [0.15, 0.2) is 0 Å². The molecule has 0 aliphatic carbocycles. The van der Waals surface area contributed by atoms with E-state index in [2.05, 4.69) is 11.6 Å². The fourth-order valence-electron chi connectivity index (χ4n) is 0.411. The van der Waals surface area contributed by atoms with Crippen LogP contribution in [0.25, 0.3) is 0 Å². The van der Waals surface area contributed by atoms with E-state index < -0.39 is 12.0 Å². The zero-order chi connectivity index (χ0) is 11.1. The molecule has 13 heavy (non-hydrogen) atoms. The Balaban J connectivity index is 0. The lowest BCUT2D eigenvalue weighted by Gasteiger charge is -2.20. The predicted molar refractivity (Wildman–Crippen MR) is 53.1 cm³/mol. The molecule has 0 aromatic rings. The maximum Gasteiger partial charge on any atom is 0.322 e. The normalized spacial score (nSPS) is 12.8. The summed E-state index contributed by atoms with van der Waals surface area (Å²) in [4.78, 5) is 10.2. The third-order valence-electron chi connectivity index (χ3n) is 1.01. The van der Waals surface area contributed by atoms with Crippen LogP contribution < -0.4 is 5.73 Å². The van der Waals surface area contributed by atoms with Crippen molar-refractivity contribution in [3.8, 4) is 0 Å². The molecule has 0 fully saturated rings. The number of ether oxygens (including phenoxy) is 1. The number of nitrogens with two attached hydrogens (primary N) is 1. The molecule has 0 saturated carbocycles. The monoisotopic (exact) mass is 211 g/mol. The average molecular weight is 212 g/mol. The maximum atomic E-state index is 10.2. The molecule has 0 aromatic heterocycles. The van der Waals surface area contributed by atoms with E-state index in [-0.39, 0.29) is 12.2 Å². The van der Waals surface area contributed by atoms with Gasteiger partial charge in [-0.25, -0.2) is 0 Å². The van der Waals surface area contributed by atoms with E-state index in [4.69, 9.17) is 15.6 Å². The minimum absolute atomic E-state index is 0.0544. The molecular weight excluding hydrogens is 194 g/mol. The van der Waals surface area contributed by atoms with Crippen LogP contribution in [0, 0.1) is 0 Å². The highest BCUT2D eigenvalue weighted by Gasteiger charge is 2.16. The van der Waals surface area contributed by atoms with Gasteiger partial charge in [0.05, 0.1) is 12.2 Å². The number of hydrogen-bond acceptors (Lipinski definition) is 3. The minimum Gasteiger partial charge on any atom is -0.480 e. The summed E-state index contributed by atoms with van der Waals surface area (Å²) in [7, 11) is 0. The minimum atomic E-state index is -1.03. The van der Waals surface area contributed by atoms with Crippen LogP contribution in [0.4, 0.5) is 0 Å². The number of carboxylic acid groups (broad SMARTS) is 1. The van der Waals surface area contributed by atoms with Gasteiger partial charge in [-0.3, -0.25) is 4.79 Å². The van der Waals surface area contributed by atoms with Crippen LogP contribution >= 0.6 is 11.6 Å². The Morgan fingerprint density at radius 1 is 1.54 bits per heavy atom. The molecule has 80 valence electrons. The molecule has 1 atom stereocenters. The second-order valence-electron chi connectivity index (χ2n) is 3.37. The summed E-state index contributed by atoms with van der Waals surface area (Å²) in [6, 6.07) is -0.922. The van der Waals surface area contributed by atoms with Crippen molar-refractivity contribution in [2.24, 2.45) is 5.73 Å². The van der Waals surface area contributed by atoms with E-state index in [1.54, 1.807) is 0 Å². The Morgan fingerprint density at radius 3 is 2.15 bits per heavy atom. The molecule has 0 rings (SSSR count). The van der Waals surface area contributed by atoms with Gasteiger partial charge in [0.2, 0.25) is 0 Å². The largest absolute Gasteiger partial charge is 0.480 e. The number of alkyl halides is 1. The molecule has 3 N–H and O–H groups in total. The Labute approximate surface area is 84.0 Å².